The van der Waals surface area contributed by atoms with E-state index in [1.165, 1.54) is 0 Å². The van der Waals surface area contributed by atoms with Gasteiger partial charge < -0.3 is 0 Å². The number of nitrogens with one attached hydrogen (secondary N) is 1. The second-order valence-electron chi connectivity index (χ2n) is 6.58. The molecule has 4 nitrogen and oxygen atoms in total. The van der Waals surface area contributed by atoms with Crippen LogP contribution >= 0.6 is 15.9 Å². The number of para-hydroxylation sites is 1. The third kappa shape index (κ3) is 4.70. The van der Waals surface area contributed by atoms with E-state index in [4.69, 9.17) is 4.98 Å². The van der Waals surface area contributed by atoms with E-state index < -0.39 is 0 Å². The number of amides is 1. The Labute approximate surface area is 183 Å². The summed E-state index contributed by atoms with van der Waals surface area (Å²) < 4.78 is 0.749. The number of allylic oxidation sites excluding steroid dienone is 1. The number of benzene rings is 3. The molecule has 4 aromatic rings. The lowest BCUT2D eigenvalue weighted by Crippen LogP contribution is -2.18. The Morgan fingerprint density at radius 3 is 2.33 bits per heavy atom. The van der Waals surface area contributed by atoms with Crippen LogP contribution in [0.5, 0.6) is 0 Å². The zero-order valence-corrected chi connectivity index (χ0v) is 17.6. The second-order valence-corrected chi connectivity index (χ2v) is 7.49. The normalized spacial score (nSPS) is 11.7. The number of hydrogen-bond acceptors (Lipinski definition) is 3. The molecule has 0 saturated carbocycles. The molecule has 1 amide bonds. The van der Waals surface area contributed by atoms with Crippen molar-refractivity contribution in [3.05, 3.63) is 107 Å². The first-order valence-corrected chi connectivity index (χ1v) is 10.2. The number of aromatic nitrogens is 1. The van der Waals surface area contributed by atoms with Gasteiger partial charge in [0.15, 0.2) is 0 Å². The zero-order chi connectivity index (χ0) is 20.8. The lowest BCUT2D eigenvalue weighted by atomic mass is 10.0. The molecule has 0 aliphatic heterocycles. The van der Waals surface area contributed by atoms with Gasteiger partial charge >= 0.3 is 0 Å². The van der Waals surface area contributed by atoms with Crippen LogP contribution in [0.2, 0.25) is 0 Å². The minimum atomic E-state index is -0.290. The Balaban J connectivity index is 1.60. The first-order chi connectivity index (χ1) is 14.7. The summed E-state index contributed by atoms with van der Waals surface area (Å²) in [6.07, 6.45) is 3.48. The van der Waals surface area contributed by atoms with Gasteiger partial charge in [0.05, 0.1) is 23.0 Å². The Bertz CT molecular complexity index is 1240. The highest BCUT2D eigenvalue weighted by molar-refractivity contribution is 9.12. The molecule has 0 saturated heterocycles. The summed E-state index contributed by atoms with van der Waals surface area (Å²) >= 11 is 3.45. The number of halogens is 1. The summed E-state index contributed by atoms with van der Waals surface area (Å²) in [7, 11) is 0. The number of carbonyl (C=O) groups excluding carboxylic acids is 1. The summed E-state index contributed by atoms with van der Waals surface area (Å²) in [6, 6.07) is 29.1. The third-order valence-electron chi connectivity index (χ3n) is 4.49. The summed E-state index contributed by atoms with van der Waals surface area (Å²) in [6.45, 7) is 0. The van der Waals surface area contributed by atoms with Gasteiger partial charge in [-0.05, 0) is 39.7 Å². The van der Waals surface area contributed by atoms with Crippen LogP contribution in [0.3, 0.4) is 0 Å². The van der Waals surface area contributed by atoms with Crippen molar-refractivity contribution < 1.29 is 4.79 Å². The summed E-state index contributed by atoms with van der Waals surface area (Å²) in [4.78, 5) is 17.6. The highest BCUT2D eigenvalue weighted by atomic mass is 79.9. The van der Waals surface area contributed by atoms with Crippen molar-refractivity contribution >= 4 is 45.0 Å². The second kappa shape index (κ2) is 9.29. The summed E-state index contributed by atoms with van der Waals surface area (Å²) in [5.74, 6) is -0.290. The molecule has 3 aromatic carbocycles. The Morgan fingerprint density at radius 2 is 1.57 bits per heavy atom. The van der Waals surface area contributed by atoms with Crippen molar-refractivity contribution in [2.45, 2.75) is 0 Å². The maximum atomic E-state index is 12.9. The minimum Gasteiger partial charge on any atom is -0.267 e. The van der Waals surface area contributed by atoms with Crippen molar-refractivity contribution in [1.29, 1.82) is 0 Å². The molecule has 0 spiro atoms. The van der Waals surface area contributed by atoms with Gasteiger partial charge in [-0.3, -0.25) is 4.79 Å². The molecule has 1 N–H and O–H groups in total. The highest BCUT2D eigenvalue weighted by Gasteiger charge is 2.13. The van der Waals surface area contributed by atoms with Crippen LogP contribution in [-0.4, -0.2) is 17.1 Å². The molecule has 5 heteroatoms. The number of fused-ring (bicyclic) bond motifs is 1. The number of hydrogen-bond donors (Lipinski definition) is 1. The van der Waals surface area contributed by atoms with E-state index in [2.05, 4.69) is 26.5 Å². The van der Waals surface area contributed by atoms with Crippen molar-refractivity contribution in [3.8, 4) is 11.3 Å². The van der Waals surface area contributed by atoms with Crippen LogP contribution in [-0.2, 0) is 0 Å². The average molecular weight is 456 g/mol. The zero-order valence-electron chi connectivity index (χ0n) is 16.0. The van der Waals surface area contributed by atoms with Crippen molar-refractivity contribution in [3.63, 3.8) is 0 Å². The first-order valence-electron chi connectivity index (χ1n) is 9.41. The molecule has 1 aromatic heterocycles. The average Bonchev–Trinajstić information content (AvgIpc) is 2.79. The molecule has 0 fully saturated rings. The van der Waals surface area contributed by atoms with E-state index in [0.29, 0.717) is 5.56 Å². The molecule has 0 unspecified atom stereocenters. The van der Waals surface area contributed by atoms with Crippen molar-refractivity contribution in [2.24, 2.45) is 5.10 Å². The highest BCUT2D eigenvalue weighted by Crippen LogP contribution is 2.24. The molecule has 4 rings (SSSR count). The first kappa shape index (κ1) is 19.7. The predicted molar refractivity (Wildman–Crippen MR) is 126 cm³/mol. The molecule has 30 heavy (non-hydrogen) atoms. The van der Waals surface area contributed by atoms with Gasteiger partial charge in [-0.15, -0.1) is 0 Å². The molecule has 0 bridgehead atoms. The van der Waals surface area contributed by atoms with Gasteiger partial charge in [0, 0.05) is 15.4 Å². The van der Waals surface area contributed by atoms with E-state index in [1.807, 2.05) is 91.0 Å². The van der Waals surface area contributed by atoms with Crippen LogP contribution in [0, 0.1) is 0 Å². The number of rotatable bonds is 5. The van der Waals surface area contributed by atoms with Crippen molar-refractivity contribution in [2.75, 3.05) is 0 Å². The van der Waals surface area contributed by atoms with Gasteiger partial charge in [-0.25, -0.2) is 10.4 Å². The Hall–Kier alpha value is -3.57. The lowest BCUT2D eigenvalue weighted by Gasteiger charge is -2.09. The standard InChI is InChI=1S/C25H18BrN3O/c26-20(15-18-9-3-1-4-10-18)17-27-29-25(30)22-16-24(19-11-5-2-6-12-19)28-23-14-8-7-13-21(22)23/h1-17H,(H,29,30)/b20-15-,27-17-. The van der Waals surface area contributed by atoms with Gasteiger partial charge in [0.25, 0.3) is 5.91 Å². The van der Waals surface area contributed by atoms with E-state index in [9.17, 15) is 4.79 Å². The molecule has 146 valence electrons. The largest absolute Gasteiger partial charge is 0.272 e. The molecular weight excluding hydrogens is 438 g/mol. The quantitative estimate of drug-likeness (QED) is 0.294. The van der Waals surface area contributed by atoms with E-state index in [-0.39, 0.29) is 5.91 Å². The molecular formula is C25H18BrN3O. The fourth-order valence-electron chi connectivity index (χ4n) is 3.08. The van der Waals surface area contributed by atoms with Crippen LogP contribution in [0.25, 0.3) is 28.2 Å². The Morgan fingerprint density at radius 1 is 0.900 bits per heavy atom. The molecule has 0 aliphatic rings. The number of nitrogens with zero attached hydrogens (tertiary/aromatic N) is 2. The summed E-state index contributed by atoms with van der Waals surface area (Å²) in [5.41, 5.74) is 6.64. The molecule has 1 heterocycles. The maximum absolute atomic E-state index is 12.9. The summed E-state index contributed by atoms with van der Waals surface area (Å²) in [5, 5.41) is 4.87. The fourth-order valence-corrected chi connectivity index (χ4v) is 3.45. The number of hydrazone groups is 1. The van der Waals surface area contributed by atoms with Gasteiger partial charge in [0.2, 0.25) is 0 Å². The smallest absolute Gasteiger partial charge is 0.267 e. The third-order valence-corrected chi connectivity index (χ3v) is 4.92. The van der Waals surface area contributed by atoms with Crippen LogP contribution in [0.15, 0.2) is 101 Å². The van der Waals surface area contributed by atoms with Crippen LogP contribution < -0.4 is 5.43 Å². The topological polar surface area (TPSA) is 54.4 Å². The minimum absolute atomic E-state index is 0.290. The van der Waals surface area contributed by atoms with Crippen LogP contribution in [0.4, 0.5) is 0 Å². The monoisotopic (exact) mass is 455 g/mol. The lowest BCUT2D eigenvalue weighted by molar-refractivity contribution is 0.0957. The maximum Gasteiger partial charge on any atom is 0.272 e. The Kier molecular flexibility index (Phi) is 6.11. The number of carbonyl (C=O) groups is 1. The predicted octanol–water partition coefficient (Wildman–Crippen LogP) is 6.05. The fraction of sp³-hybridized carbons (Fsp3) is 0. The van der Waals surface area contributed by atoms with E-state index >= 15 is 0 Å². The SMILES string of the molecule is O=C(N/N=C\C(Br)=C\c1ccccc1)c1cc(-c2ccccc2)nc2ccccc12. The van der Waals surface area contributed by atoms with Crippen LogP contribution in [0.1, 0.15) is 15.9 Å². The van der Waals surface area contributed by atoms with Gasteiger partial charge in [-0.2, -0.15) is 5.10 Å². The van der Waals surface area contributed by atoms with Crippen molar-refractivity contribution in [1.82, 2.24) is 10.4 Å². The molecule has 0 atom stereocenters. The van der Waals surface area contributed by atoms with Gasteiger partial charge in [0.1, 0.15) is 0 Å². The van der Waals surface area contributed by atoms with Gasteiger partial charge in [-0.1, -0.05) is 78.9 Å². The number of pyridine rings is 1. The molecule has 0 radical (unpaired) electrons. The molecule has 0 aliphatic carbocycles. The van der Waals surface area contributed by atoms with E-state index in [1.54, 1.807) is 12.3 Å². The van der Waals surface area contributed by atoms with E-state index in [0.717, 1.165) is 32.2 Å².